The third kappa shape index (κ3) is 3.88. The summed E-state index contributed by atoms with van der Waals surface area (Å²) in [6.45, 7) is 0. The van der Waals surface area contributed by atoms with Crippen molar-refractivity contribution in [2.75, 3.05) is 7.11 Å². The third-order valence-corrected chi connectivity index (χ3v) is 8.38. The molecule has 9 nitrogen and oxygen atoms in total. The van der Waals surface area contributed by atoms with Gasteiger partial charge in [-0.1, -0.05) is 18.3 Å². The van der Waals surface area contributed by atoms with Crippen molar-refractivity contribution in [2.45, 2.75) is 29.4 Å². The van der Waals surface area contributed by atoms with Crippen molar-refractivity contribution in [3.63, 3.8) is 0 Å². The van der Waals surface area contributed by atoms with Crippen LogP contribution in [0, 0.1) is 11.8 Å². The number of aliphatic hydroxyl groups is 2. The van der Waals surface area contributed by atoms with Crippen LogP contribution in [0.4, 0.5) is 0 Å². The number of aromatic hydroxyl groups is 1. The van der Waals surface area contributed by atoms with E-state index in [1.54, 1.807) is 24.3 Å². The summed E-state index contributed by atoms with van der Waals surface area (Å²) in [4.78, 5) is 40.8. The summed E-state index contributed by atoms with van der Waals surface area (Å²) >= 11 is 6.34. The number of allylic oxidation sites excluding steroid dienone is 5. The standard InChI is InChI=1S/C25H22N2O7S2/c1-34-15-7-6-13(28)18-23(32)20-16(36-24(15)18)9-10-8-14(29)19(21(30)17(10)22(20)31)25(33)27-26-11-2-4-12(35)5-3-11/h2-4,6-7,10,16-17,26,28-29,31H,5,8-9H2,1H3,(H,27,33). The lowest BCUT2D eigenvalue weighted by Gasteiger charge is -2.40. The van der Waals surface area contributed by atoms with Gasteiger partial charge in [0.15, 0.2) is 11.6 Å². The average Bonchev–Trinajstić information content (AvgIpc) is 2.83. The molecule has 1 aromatic carbocycles. The fraction of sp³-hybridized carbons (Fsp3) is 0.280. The molecule has 36 heavy (non-hydrogen) atoms. The predicted octanol–water partition coefficient (Wildman–Crippen LogP) is 3.13. The number of ether oxygens (including phenoxy) is 1. The Kier molecular flexibility index (Phi) is 6.13. The quantitative estimate of drug-likeness (QED) is 0.225. The van der Waals surface area contributed by atoms with Crippen LogP contribution < -0.4 is 15.6 Å². The van der Waals surface area contributed by atoms with Crippen LogP contribution in [0.3, 0.4) is 0 Å². The Morgan fingerprint density at radius 3 is 2.67 bits per heavy atom. The number of rotatable bonds is 4. The van der Waals surface area contributed by atoms with Gasteiger partial charge in [0.25, 0.3) is 5.91 Å². The molecular weight excluding hydrogens is 504 g/mol. The number of hydrazine groups is 1. The molecular formula is C25H22N2O7S2. The van der Waals surface area contributed by atoms with E-state index in [0.29, 0.717) is 29.2 Å². The number of aliphatic hydroxyl groups excluding tert-OH is 2. The van der Waals surface area contributed by atoms with Gasteiger partial charge >= 0.3 is 0 Å². The maximum absolute atomic E-state index is 13.4. The molecule has 0 bridgehead atoms. The number of carbonyl (C=O) groups excluding carboxylic acids is 3. The molecule has 0 saturated carbocycles. The number of Topliss-reactive ketones (excluding diaryl/α,β-unsaturated/α-hetero) is 2. The number of ketones is 2. The highest BCUT2D eigenvalue weighted by Crippen LogP contribution is 2.54. The first-order valence-electron chi connectivity index (χ1n) is 11.2. The monoisotopic (exact) mass is 526 g/mol. The van der Waals surface area contributed by atoms with Crippen LogP contribution in [-0.4, -0.2) is 50.0 Å². The van der Waals surface area contributed by atoms with E-state index in [-0.39, 0.29) is 29.1 Å². The smallest absolute Gasteiger partial charge is 0.276 e. The largest absolute Gasteiger partial charge is 0.511 e. The molecule has 0 saturated heterocycles. The Labute approximate surface area is 215 Å². The van der Waals surface area contributed by atoms with Gasteiger partial charge in [-0.2, -0.15) is 0 Å². The molecule has 11 heteroatoms. The zero-order chi connectivity index (χ0) is 25.7. The Bertz CT molecular complexity index is 1360. The molecule has 0 fully saturated rings. The Balaban J connectivity index is 1.44. The van der Waals surface area contributed by atoms with E-state index < -0.39 is 45.9 Å². The minimum atomic E-state index is -1.15. The zero-order valence-electron chi connectivity index (χ0n) is 19.0. The average molecular weight is 527 g/mol. The van der Waals surface area contributed by atoms with Crippen LogP contribution in [0.5, 0.6) is 11.5 Å². The van der Waals surface area contributed by atoms with E-state index in [0.717, 1.165) is 4.86 Å². The number of fused-ring (bicyclic) bond motifs is 3. The molecule has 5 N–H and O–H groups in total. The Hall–Kier alpha value is -3.57. The number of amides is 1. The van der Waals surface area contributed by atoms with Gasteiger partial charge in [-0.15, -0.1) is 11.8 Å². The number of carbonyl (C=O) groups is 3. The molecule has 3 atom stereocenters. The van der Waals surface area contributed by atoms with Crippen molar-refractivity contribution in [3.05, 3.63) is 64.3 Å². The number of phenolic OH excluding ortho intramolecular Hbond substituents is 1. The van der Waals surface area contributed by atoms with Crippen LogP contribution in [0.2, 0.25) is 0 Å². The van der Waals surface area contributed by atoms with E-state index in [9.17, 15) is 29.7 Å². The predicted molar refractivity (Wildman–Crippen MR) is 135 cm³/mol. The minimum Gasteiger partial charge on any atom is -0.511 e. The minimum absolute atomic E-state index is 0.00714. The molecule has 1 amide bonds. The lowest BCUT2D eigenvalue weighted by Crippen LogP contribution is -2.46. The van der Waals surface area contributed by atoms with Gasteiger partial charge in [-0.25, -0.2) is 0 Å². The number of thiocarbonyl (C=S) groups is 1. The van der Waals surface area contributed by atoms with Crippen molar-refractivity contribution in [2.24, 2.45) is 11.8 Å². The van der Waals surface area contributed by atoms with Gasteiger partial charge in [0, 0.05) is 23.0 Å². The second-order valence-corrected chi connectivity index (χ2v) is 10.6. The van der Waals surface area contributed by atoms with Crippen LogP contribution in [0.1, 0.15) is 29.6 Å². The second-order valence-electron chi connectivity index (χ2n) is 8.83. The van der Waals surface area contributed by atoms with E-state index in [2.05, 4.69) is 10.9 Å². The van der Waals surface area contributed by atoms with Crippen LogP contribution in [-0.2, 0) is 9.59 Å². The SMILES string of the molecule is COc1ccc(O)c2c1SC1CC3CC(O)=C(C(=O)NNC4=CCC(=S)C=C4)C(=O)C3C(O)=C1C2=O. The first kappa shape index (κ1) is 24.1. The second kappa shape index (κ2) is 9.14. The van der Waals surface area contributed by atoms with Crippen molar-refractivity contribution in [1.82, 2.24) is 10.9 Å². The zero-order valence-corrected chi connectivity index (χ0v) is 20.7. The van der Waals surface area contributed by atoms with Gasteiger partial charge in [0.05, 0.1) is 34.8 Å². The summed E-state index contributed by atoms with van der Waals surface area (Å²) in [5, 5.41) is 31.6. The number of phenols is 1. The van der Waals surface area contributed by atoms with E-state index in [1.165, 1.54) is 24.9 Å². The third-order valence-electron chi connectivity index (χ3n) is 6.72. The highest BCUT2D eigenvalue weighted by Gasteiger charge is 2.51. The lowest BCUT2D eigenvalue weighted by atomic mass is 9.68. The van der Waals surface area contributed by atoms with Gasteiger partial charge in [-0.05, 0) is 36.6 Å². The fourth-order valence-corrected chi connectivity index (χ4v) is 6.73. The van der Waals surface area contributed by atoms with Gasteiger partial charge in [-0.3, -0.25) is 25.2 Å². The first-order chi connectivity index (χ1) is 17.2. The summed E-state index contributed by atoms with van der Waals surface area (Å²) in [7, 11) is 1.46. The molecule has 0 radical (unpaired) electrons. The highest BCUT2D eigenvalue weighted by molar-refractivity contribution is 8.00. The van der Waals surface area contributed by atoms with Gasteiger partial charge < -0.3 is 20.1 Å². The van der Waals surface area contributed by atoms with E-state index in [1.807, 2.05) is 0 Å². The number of hydrogen-bond acceptors (Lipinski definition) is 10. The lowest BCUT2D eigenvalue weighted by molar-refractivity contribution is -0.127. The molecule has 3 aliphatic carbocycles. The molecule has 0 spiro atoms. The van der Waals surface area contributed by atoms with E-state index >= 15 is 0 Å². The topological polar surface area (TPSA) is 145 Å². The summed E-state index contributed by atoms with van der Waals surface area (Å²) in [5.74, 6) is -4.50. The maximum atomic E-state index is 13.4. The van der Waals surface area contributed by atoms with Crippen LogP contribution in [0.15, 0.2) is 63.6 Å². The van der Waals surface area contributed by atoms with Crippen molar-refractivity contribution in [3.8, 4) is 11.5 Å². The normalized spacial score (nSPS) is 25.1. The Morgan fingerprint density at radius 1 is 1.19 bits per heavy atom. The maximum Gasteiger partial charge on any atom is 0.276 e. The molecule has 3 unspecified atom stereocenters. The summed E-state index contributed by atoms with van der Waals surface area (Å²) < 4.78 is 5.35. The molecule has 5 rings (SSSR count). The molecule has 0 aromatic heterocycles. The van der Waals surface area contributed by atoms with Crippen molar-refractivity contribution >= 4 is 46.3 Å². The van der Waals surface area contributed by atoms with Crippen LogP contribution >= 0.6 is 24.0 Å². The van der Waals surface area contributed by atoms with Gasteiger partial charge in [0.1, 0.15) is 28.6 Å². The number of nitrogens with one attached hydrogen (secondary N) is 2. The summed E-state index contributed by atoms with van der Waals surface area (Å²) in [6.07, 6.45) is 5.97. The number of thioether (sulfide) groups is 1. The highest BCUT2D eigenvalue weighted by atomic mass is 32.2. The molecule has 1 aliphatic heterocycles. The molecule has 1 heterocycles. The van der Waals surface area contributed by atoms with Crippen LogP contribution in [0.25, 0.3) is 0 Å². The number of hydrogen-bond donors (Lipinski definition) is 5. The summed E-state index contributed by atoms with van der Waals surface area (Å²) in [6, 6.07) is 2.89. The fourth-order valence-electron chi connectivity index (χ4n) is 5.03. The summed E-state index contributed by atoms with van der Waals surface area (Å²) in [5.41, 5.74) is 5.23. The van der Waals surface area contributed by atoms with Crippen molar-refractivity contribution < 1.29 is 34.4 Å². The number of methoxy groups -OCH3 is 1. The molecule has 186 valence electrons. The van der Waals surface area contributed by atoms with E-state index in [4.69, 9.17) is 17.0 Å². The van der Waals surface area contributed by atoms with Gasteiger partial charge in [0.2, 0.25) is 0 Å². The molecule has 4 aliphatic rings. The van der Waals surface area contributed by atoms with Crippen molar-refractivity contribution in [1.29, 1.82) is 0 Å². The number of benzene rings is 1. The first-order valence-corrected chi connectivity index (χ1v) is 12.5. The molecule has 1 aromatic rings. The Morgan fingerprint density at radius 2 is 1.97 bits per heavy atom.